The van der Waals surface area contributed by atoms with Crippen LogP contribution in [0.4, 0.5) is 0 Å². The molecule has 0 heterocycles. The summed E-state index contributed by atoms with van der Waals surface area (Å²) in [5, 5.41) is 6.33. The summed E-state index contributed by atoms with van der Waals surface area (Å²) in [6, 6.07) is 0. The first-order valence-electron chi connectivity index (χ1n) is 6.71. The maximum atomic E-state index is 5.25. The molecule has 19 heavy (non-hydrogen) atoms. The van der Waals surface area contributed by atoms with Crippen molar-refractivity contribution in [3.63, 3.8) is 0 Å². The van der Waals surface area contributed by atoms with Crippen LogP contribution in [0.3, 0.4) is 0 Å². The van der Waals surface area contributed by atoms with Crippen molar-refractivity contribution < 1.29 is 4.74 Å². The van der Waals surface area contributed by atoms with Crippen LogP contribution in [0.25, 0.3) is 0 Å². The highest BCUT2D eigenvalue weighted by atomic mass is 127. The topological polar surface area (TPSA) is 45.7 Å². The summed E-state index contributed by atoms with van der Waals surface area (Å²) in [5.74, 6) is 3.38. The molecule has 1 rings (SSSR count). The molecular weight excluding hydrogens is 353 g/mol. The second kappa shape index (κ2) is 10.3. The monoisotopic (exact) mass is 379 g/mol. The molecule has 0 aliphatic heterocycles. The van der Waals surface area contributed by atoms with Crippen molar-refractivity contribution in [2.75, 3.05) is 33.4 Å². The van der Waals surface area contributed by atoms with Crippen LogP contribution in [0.2, 0.25) is 0 Å². The van der Waals surface area contributed by atoms with Gasteiger partial charge in [0.25, 0.3) is 0 Å². The fourth-order valence-electron chi connectivity index (χ4n) is 2.21. The molecule has 110 valence electrons. The van der Waals surface area contributed by atoms with Crippen LogP contribution in [-0.2, 0) is 4.74 Å². The zero-order valence-electron chi connectivity index (χ0n) is 12.0. The van der Waals surface area contributed by atoms with E-state index >= 15 is 0 Å². The molecule has 0 spiro atoms. The normalized spacial score (nSPS) is 16.8. The fraction of sp³-hybridized carbons (Fsp3) is 0.786. The van der Waals surface area contributed by atoms with E-state index in [1.807, 2.05) is 0 Å². The highest BCUT2D eigenvalue weighted by Crippen LogP contribution is 2.44. The highest BCUT2D eigenvalue weighted by molar-refractivity contribution is 14.0. The predicted molar refractivity (Wildman–Crippen MR) is 91.0 cm³/mol. The number of hydrogen-bond donors (Lipinski definition) is 2. The molecule has 0 aromatic carbocycles. The zero-order valence-corrected chi connectivity index (χ0v) is 14.3. The van der Waals surface area contributed by atoms with Crippen LogP contribution in [0.1, 0.15) is 32.6 Å². The number of guanidine groups is 1. The summed E-state index contributed by atoms with van der Waals surface area (Å²) in [5.41, 5.74) is 0.356. The Morgan fingerprint density at radius 1 is 1.42 bits per heavy atom. The van der Waals surface area contributed by atoms with Crippen molar-refractivity contribution >= 4 is 29.9 Å². The van der Waals surface area contributed by atoms with E-state index in [2.05, 4.69) is 28.5 Å². The SMILES string of the molecule is C#CCNC(=NCC1(CCOC)CCC1)NCC.I. The van der Waals surface area contributed by atoms with Crippen molar-refractivity contribution in [2.45, 2.75) is 32.6 Å². The Balaban J connectivity index is 0.00000324. The number of halogens is 1. The van der Waals surface area contributed by atoms with E-state index in [-0.39, 0.29) is 24.0 Å². The van der Waals surface area contributed by atoms with E-state index < -0.39 is 0 Å². The Hall–Kier alpha value is -0.480. The van der Waals surface area contributed by atoms with Crippen LogP contribution in [0.5, 0.6) is 0 Å². The summed E-state index contributed by atoms with van der Waals surface area (Å²) in [4.78, 5) is 4.64. The van der Waals surface area contributed by atoms with E-state index in [9.17, 15) is 0 Å². The second-order valence-corrected chi connectivity index (χ2v) is 4.85. The van der Waals surface area contributed by atoms with Crippen molar-refractivity contribution in [1.82, 2.24) is 10.6 Å². The first-order chi connectivity index (χ1) is 8.76. The number of aliphatic imine (C=N–C) groups is 1. The largest absolute Gasteiger partial charge is 0.385 e. The quantitative estimate of drug-likeness (QED) is 0.308. The summed E-state index contributed by atoms with van der Waals surface area (Å²) >= 11 is 0. The van der Waals surface area contributed by atoms with Crippen molar-refractivity contribution in [3.05, 3.63) is 0 Å². The predicted octanol–water partition coefficient (Wildman–Crippen LogP) is 2.00. The number of hydrogen-bond acceptors (Lipinski definition) is 2. The van der Waals surface area contributed by atoms with Gasteiger partial charge in [-0.05, 0) is 31.6 Å². The fourth-order valence-corrected chi connectivity index (χ4v) is 2.21. The van der Waals surface area contributed by atoms with Gasteiger partial charge in [0.2, 0.25) is 0 Å². The van der Waals surface area contributed by atoms with Crippen molar-refractivity contribution in [1.29, 1.82) is 0 Å². The molecule has 0 atom stereocenters. The molecule has 1 fully saturated rings. The second-order valence-electron chi connectivity index (χ2n) is 4.85. The Bertz CT molecular complexity index is 308. The van der Waals surface area contributed by atoms with Gasteiger partial charge in [0, 0.05) is 26.8 Å². The first-order valence-corrected chi connectivity index (χ1v) is 6.71. The lowest BCUT2D eigenvalue weighted by atomic mass is 9.67. The Labute approximate surface area is 134 Å². The molecule has 0 unspecified atom stereocenters. The molecule has 1 aliphatic carbocycles. The molecule has 0 saturated heterocycles. The van der Waals surface area contributed by atoms with Crippen molar-refractivity contribution in [3.8, 4) is 12.3 Å². The third kappa shape index (κ3) is 6.48. The van der Waals surface area contributed by atoms with Gasteiger partial charge in [0.1, 0.15) is 0 Å². The Kier molecular flexibility index (Phi) is 10.1. The van der Waals surface area contributed by atoms with Gasteiger partial charge in [-0.25, -0.2) is 0 Å². The van der Waals surface area contributed by atoms with Gasteiger partial charge in [-0.1, -0.05) is 12.3 Å². The van der Waals surface area contributed by atoms with Gasteiger partial charge in [-0.2, -0.15) is 0 Å². The van der Waals surface area contributed by atoms with E-state index in [4.69, 9.17) is 11.2 Å². The number of ether oxygens (including phenoxy) is 1. The summed E-state index contributed by atoms with van der Waals surface area (Å²) in [7, 11) is 1.76. The average Bonchev–Trinajstić information content (AvgIpc) is 2.34. The Morgan fingerprint density at radius 2 is 2.16 bits per heavy atom. The van der Waals surface area contributed by atoms with Crippen molar-refractivity contribution in [2.24, 2.45) is 10.4 Å². The molecule has 2 N–H and O–H groups in total. The van der Waals surface area contributed by atoms with E-state index in [1.54, 1.807) is 7.11 Å². The summed E-state index contributed by atoms with van der Waals surface area (Å²) in [6.07, 6.45) is 10.2. The molecule has 0 bridgehead atoms. The van der Waals surface area contributed by atoms with E-state index in [0.29, 0.717) is 12.0 Å². The van der Waals surface area contributed by atoms with Gasteiger partial charge >= 0.3 is 0 Å². The Morgan fingerprint density at radius 3 is 2.63 bits per heavy atom. The lowest BCUT2D eigenvalue weighted by Crippen LogP contribution is -2.40. The first kappa shape index (κ1) is 18.5. The smallest absolute Gasteiger partial charge is 0.192 e. The molecule has 5 heteroatoms. The molecule has 1 aliphatic rings. The minimum Gasteiger partial charge on any atom is -0.385 e. The molecule has 0 radical (unpaired) electrons. The molecule has 1 saturated carbocycles. The zero-order chi connectivity index (χ0) is 13.3. The third-order valence-corrected chi connectivity index (χ3v) is 3.53. The molecule has 4 nitrogen and oxygen atoms in total. The van der Waals surface area contributed by atoms with Crippen LogP contribution >= 0.6 is 24.0 Å². The van der Waals surface area contributed by atoms with E-state index in [1.165, 1.54) is 19.3 Å². The van der Waals surface area contributed by atoms with Gasteiger partial charge in [-0.15, -0.1) is 30.4 Å². The van der Waals surface area contributed by atoms with Crippen LogP contribution in [-0.4, -0.2) is 39.3 Å². The number of terminal acetylenes is 1. The number of methoxy groups -OCH3 is 1. The summed E-state index contributed by atoms with van der Waals surface area (Å²) < 4.78 is 5.19. The summed E-state index contributed by atoms with van der Waals surface area (Å²) in [6.45, 7) is 5.09. The molecular formula is C14H26IN3O. The third-order valence-electron chi connectivity index (χ3n) is 3.53. The molecule has 0 aromatic rings. The number of nitrogens with one attached hydrogen (secondary N) is 2. The maximum absolute atomic E-state index is 5.25. The maximum Gasteiger partial charge on any atom is 0.192 e. The van der Waals surface area contributed by atoms with Crippen LogP contribution in [0, 0.1) is 17.8 Å². The van der Waals surface area contributed by atoms with Crippen LogP contribution in [0.15, 0.2) is 4.99 Å². The number of rotatable bonds is 7. The average molecular weight is 379 g/mol. The number of nitrogens with zero attached hydrogens (tertiary/aromatic N) is 1. The van der Waals surface area contributed by atoms with Crippen LogP contribution < -0.4 is 10.6 Å². The minimum atomic E-state index is 0. The van der Waals surface area contributed by atoms with Gasteiger partial charge in [0.15, 0.2) is 5.96 Å². The van der Waals surface area contributed by atoms with E-state index in [0.717, 1.165) is 32.1 Å². The van der Waals surface area contributed by atoms with Gasteiger partial charge < -0.3 is 15.4 Å². The standard InChI is InChI=1S/C14H25N3O.HI/c1-4-10-16-13(15-5-2)17-12-14(7-6-8-14)9-11-18-3;/h1H,5-12H2,2-3H3,(H2,15,16,17);1H. The minimum absolute atomic E-state index is 0. The lowest BCUT2D eigenvalue weighted by Gasteiger charge is -2.40. The van der Waals surface area contributed by atoms with Gasteiger partial charge in [-0.3, -0.25) is 4.99 Å². The van der Waals surface area contributed by atoms with Gasteiger partial charge in [0.05, 0.1) is 6.54 Å². The molecule has 0 aromatic heterocycles. The lowest BCUT2D eigenvalue weighted by molar-refractivity contribution is 0.0778. The molecule has 0 amide bonds. The highest BCUT2D eigenvalue weighted by Gasteiger charge is 2.36.